The molecule has 1 N–H and O–H groups in total. The zero-order valence-corrected chi connectivity index (χ0v) is 13.6. The normalized spacial score (nSPS) is 28.7. The van der Waals surface area contributed by atoms with Gasteiger partial charge in [-0.15, -0.1) is 0 Å². The molecule has 0 saturated carbocycles. The Morgan fingerprint density at radius 1 is 1.43 bits per heavy atom. The summed E-state index contributed by atoms with van der Waals surface area (Å²) in [5.41, 5.74) is 2.54. The van der Waals surface area contributed by atoms with E-state index in [9.17, 15) is 5.11 Å². The Bertz CT molecular complexity index is 564. The second kappa shape index (κ2) is 5.29. The summed E-state index contributed by atoms with van der Waals surface area (Å²) in [6.07, 6.45) is 5.13. The molecule has 0 spiro atoms. The highest BCUT2D eigenvalue weighted by Crippen LogP contribution is 2.55. The molecule has 1 aromatic rings. The maximum atomic E-state index is 10.1. The van der Waals surface area contributed by atoms with Gasteiger partial charge >= 0.3 is 0 Å². The Morgan fingerprint density at radius 3 is 2.81 bits per heavy atom. The van der Waals surface area contributed by atoms with E-state index in [2.05, 4.69) is 36.7 Å². The number of pyridine rings is 1. The Morgan fingerprint density at radius 2 is 2.19 bits per heavy atom. The van der Waals surface area contributed by atoms with Gasteiger partial charge in [-0.05, 0) is 17.9 Å². The first-order valence-corrected chi connectivity index (χ1v) is 8.01. The number of aromatic nitrogens is 1. The van der Waals surface area contributed by atoms with Crippen LogP contribution >= 0.6 is 11.6 Å². The fraction of sp³-hybridized carbons (Fsp3) is 0.588. The third-order valence-corrected chi connectivity index (χ3v) is 5.11. The maximum absolute atomic E-state index is 10.1. The number of nitrogens with zero attached hydrogens (tertiary/aromatic N) is 2. The van der Waals surface area contributed by atoms with Crippen molar-refractivity contribution in [2.75, 3.05) is 13.2 Å². The van der Waals surface area contributed by atoms with E-state index in [-0.39, 0.29) is 24.0 Å². The number of rotatable bonds is 2. The highest BCUT2D eigenvalue weighted by molar-refractivity contribution is 6.30. The quantitative estimate of drug-likeness (QED) is 0.847. The van der Waals surface area contributed by atoms with Crippen molar-refractivity contribution in [2.45, 2.75) is 33.2 Å². The molecule has 3 heterocycles. The van der Waals surface area contributed by atoms with E-state index in [0.29, 0.717) is 11.1 Å². The largest absolute Gasteiger partial charge is 0.396 e. The summed E-state index contributed by atoms with van der Waals surface area (Å²) in [6.45, 7) is 7.95. The van der Waals surface area contributed by atoms with E-state index in [0.717, 1.165) is 18.5 Å². The minimum Gasteiger partial charge on any atom is -0.396 e. The molecule has 4 heteroatoms. The second-order valence-corrected chi connectivity index (χ2v) is 7.49. The average Bonchev–Trinajstić information content (AvgIpc) is 2.97. The highest BCUT2D eigenvalue weighted by atomic mass is 35.5. The molecule has 1 aromatic heterocycles. The van der Waals surface area contributed by atoms with Crippen LogP contribution in [0.25, 0.3) is 0 Å². The van der Waals surface area contributed by atoms with Crippen LogP contribution in [0.5, 0.6) is 0 Å². The SMILES string of the molecule is CC(C)(C)C1C2=CCCN2[C@@H](c2cccnc2Cl)[C@H]1CO. The van der Waals surface area contributed by atoms with E-state index in [1.165, 1.54) is 5.70 Å². The van der Waals surface area contributed by atoms with Gasteiger partial charge in [0.25, 0.3) is 0 Å². The molecule has 0 amide bonds. The molecular formula is C17H23ClN2O. The molecule has 0 bridgehead atoms. The lowest BCUT2D eigenvalue weighted by Crippen LogP contribution is -2.30. The van der Waals surface area contributed by atoms with E-state index < -0.39 is 0 Å². The molecule has 1 fully saturated rings. The number of aliphatic hydroxyl groups excluding tert-OH is 1. The molecule has 0 aromatic carbocycles. The van der Waals surface area contributed by atoms with Crippen molar-refractivity contribution < 1.29 is 5.11 Å². The Balaban J connectivity index is 2.09. The molecule has 1 unspecified atom stereocenters. The monoisotopic (exact) mass is 306 g/mol. The molecule has 0 aliphatic carbocycles. The molecule has 1 saturated heterocycles. The number of fused-ring (bicyclic) bond motifs is 1. The minimum atomic E-state index is 0.116. The van der Waals surface area contributed by atoms with Gasteiger partial charge in [-0.25, -0.2) is 4.98 Å². The summed E-state index contributed by atoms with van der Waals surface area (Å²) in [5, 5.41) is 10.6. The average molecular weight is 307 g/mol. The van der Waals surface area contributed by atoms with E-state index >= 15 is 0 Å². The summed E-state index contributed by atoms with van der Waals surface area (Å²) in [5.74, 6) is 0.518. The van der Waals surface area contributed by atoms with Crippen LogP contribution in [0.4, 0.5) is 0 Å². The lowest BCUT2D eigenvalue weighted by molar-refractivity contribution is 0.117. The Hall–Kier alpha value is -1.06. The molecule has 0 radical (unpaired) electrons. The van der Waals surface area contributed by atoms with Crippen molar-refractivity contribution in [3.63, 3.8) is 0 Å². The standard InChI is InChI=1S/C17H23ClN2O/c1-17(2,3)14-12(10-21)15(20-9-5-7-13(14)20)11-6-4-8-19-16(11)18/h4,6-8,12,14-15,21H,5,9-10H2,1-3H3/t12-,14?,15-/m0/s1. The fourth-order valence-electron chi connectivity index (χ4n) is 4.14. The zero-order chi connectivity index (χ0) is 15.2. The number of hydrogen-bond acceptors (Lipinski definition) is 3. The van der Waals surface area contributed by atoms with Crippen LogP contribution in [0.1, 0.15) is 38.8 Å². The highest BCUT2D eigenvalue weighted by Gasteiger charge is 2.51. The van der Waals surface area contributed by atoms with Gasteiger partial charge in [0.15, 0.2) is 0 Å². The summed E-state index contributed by atoms with van der Waals surface area (Å²) in [7, 11) is 0. The third kappa shape index (κ3) is 2.36. The van der Waals surface area contributed by atoms with Gasteiger partial charge in [-0.2, -0.15) is 0 Å². The summed E-state index contributed by atoms with van der Waals surface area (Å²) in [4.78, 5) is 6.66. The van der Waals surface area contributed by atoms with E-state index in [1.807, 2.05) is 12.1 Å². The Labute approximate surface area is 131 Å². The molecule has 3 rings (SSSR count). The first-order chi connectivity index (χ1) is 9.95. The van der Waals surface area contributed by atoms with Gasteiger partial charge in [-0.3, -0.25) is 0 Å². The number of allylic oxidation sites excluding steroid dienone is 1. The molecule has 21 heavy (non-hydrogen) atoms. The summed E-state index contributed by atoms with van der Waals surface area (Å²) < 4.78 is 0. The van der Waals surface area contributed by atoms with Crippen LogP contribution < -0.4 is 0 Å². The molecule has 2 aliphatic rings. The first kappa shape index (κ1) is 14.9. The van der Waals surface area contributed by atoms with E-state index in [4.69, 9.17) is 11.6 Å². The van der Waals surface area contributed by atoms with Crippen molar-refractivity contribution in [1.29, 1.82) is 0 Å². The van der Waals surface area contributed by atoms with Gasteiger partial charge in [0.05, 0.1) is 6.04 Å². The predicted molar refractivity (Wildman–Crippen MR) is 84.9 cm³/mol. The molecule has 3 atom stereocenters. The fourth-order valence-corrected chi connectivity index (χ4v) is 4.38. The smallest absolute Gasteiger partial charge is 0.134 e. The van der Waals surface area contributed by atoms with Gasteiger partial charge in [-0.1, -0.05) is 44.5 Å². The maximum Gasteiger partial charge on any atom is 0.134 e. The first-order valence-electron chi connectivity index (χ1n) is 7.63. The lowest BCUT2D eigenvalue weighted by atomic mass is 9.71. The number of hydrogen-bond donors (Lipinski definition) is 1. The van der Waals surface area contributed by atoms with Crippen LogP contribution in [0, 0.1) is 17.3 Å². The van der Waals surface area contributed by atoms with Gasteiger partial charge in [0.2, 0.25) is 0 Å². The van der Waals surface area contributed by atoms with Crippen molar-refractivity contribution in [3.8, 4) is 0 Å². The van der Waals surface area contributed by atoms with Crippen LogP contribution in [0.3, 0.4) is 0 Å². The molecule has 3 nitrogen and oxygen atoms in total. The van der Waals surface area contributed by atoms with Gasteiger partial charge in [0.1, 0.15) is 5.15 Å². The minimum absolute atomic E-state index is 0.116. The summed E-state index contributed by atoms with van der Waals surface area (Å²) in [6, 6.07) is 4.11. The third-order valence-electron chi connectivity index (χ3n) is 4.79. The van der Waals surface area contributed by atoms with Crippen LogP contribution in [-0.4, -0.2) is 28.1 Å². The van der Waals surface area contributed by atoms with Crippen molar-refractivity contribution in [1.82, 2.24) is 9.88 Å². The van der Waals surface area contributed by atoms with Gasteiger partial charge in [0, 0.05) is 42.4 Å². The van der Waals surface area contributed by atoms with Crippen molar-refractivity contribution in [2.24, 2.45) is 17.3 Å². The number of halogens is 1. The Kier molecular flexibility index (Phi) is 3.74. The lowest BCUT2D eigenvalue weighted by Gasteiger charge is -2.32. The van der Waals surface area contributed by atoms with Crippen LogP contribution in [0.15, 0.2) is 30.1 Å². The molecule has 2 aliphatic heterocycles. The second-order valence-electron chi connectivity index (χ2n) is 7.13. The van der Waals surface area contributed by atoms with Crippen LogP contribution in [-0.2, 0) is 0 Å². The van der Waals surface area contributed by atoms with E-state index in [1.54, 1.807) is 6.20 Å². The number of aliphatic hydroxyl groups is 1. The van der Waals surface area contributed by atoms with Crippen molar-refractivity contribution >= 4 is 11.6 Å². The molecular weight excluding hydrogens is 284 g/mol. The predicted octanol–water partition coefficient (Wildman–Crippen LogP) is 3.65. The zero-order valence-electron chi connectivity index (χ0n) is 12.9. The summed E-state index contributed by atoms with van der Waals surface area (Å²) >= 11 is 6.34. The van der Waals surface area contributed by atoms with Gasteiger partial charge < -0.3 is 10.0 Å². The van der Waals surface area contributed by atoms with Crippen molar-refractivity contribution in [3.05, 3.63) is 40.8 Å². The topological polar surface area (TPSA) is 36.4 Å². The molecule has 114 valence electrons. The van der Waals surface area contributed by atoms with Crippen LogP contribution in [0.2, 0.25) is 5.15 Å².